The maximum absolute atomic E-state index is 12.5. The van der Waals surface area contributed by atoms with E-state index in [1.807, 2.05) is 0 Å². The Morgan fingerprint density at radius 3 is 2.86 bits per heavy atom. The number of halogens is 3. The van der Waals surface area contributed by atoms with Crippen LogP contribution in [-0.4, -0.2) is 61.8 Å². The van der Waals surface area contributed by atoms with Gasteiger partial charge in [-0.25, -0.2) is 4.98 Å². The van der Waals surface area contributed by atoms with Crippen molar-refractivity contribution in [1.29, 1.82) is 0 Å². The van der Waals surface area contributed by atoms with Crippen LogP contribution in [0.3, 0.4) is 0 Å². The second-order valence-electron chi connectivity index (χ2n) is 7.42. The third-order valence-corrected chi connectivity index (χ3v) is 5.25. The number of guanidine groups is 1. The Bertz CT molecular complexity index is 657. The van der Waals surface area contributed by atoms with E-state index in [9.17, 15) is 13.2 Å². The van der Waals surface area contributed by atoms with Gasteiger partial charge in [-0.2, -0.15) is 13.2 Å². The number of nitrogens with one attached hydrogen (secondary N) is 2. The average molecular weight is 399 g/mol. The molecular formula is C19H28F3N5O. The Labute approximate surface area is 163 Å². The Kier molecular flexibility index (Phi) is 6.64. The van der Waals surface area contributed by atoms with E-state index in [1.54, 1.807) is 0 Å². The number of alkyl halides is 3. The molecule has 0 saturated carbocycles. The van der Waals surface area contributed by atoms with Crippen molar-refractivity contribution in [3.05, 3.63) is 23.9 Å². The fourth-order valence-electron chi connectivity index (χ4n) is 3.66. The van der Waals surface area contributed by atoms with Gasteiger partial charge in [0.1, 0.15) is 5.82 Å². The first-order valence-electron chi connectivity index (χ1n) is 9.80. The van der Waals surface area contributed by atoms with E-state index < -0.39 is 11.7 Å². The summed E-state index contributed by atoms with van der Waals surface area (Å²) in [6.45, 7) is 7.76. The van der Waals surface area contributed by atoms with E-state index in [1.165, 1.54) is 6.07 Å². The van der Waals surface area contributed by atoms with Crippen molar-refractivity contribution in [1.82, 2.24) is 15.2 Å². The Balaban J connectivity index is 1.44. The molecule has 1 spiro atoms. The van der Waals surface area contributed by atoms with Crippen LogP contribution >= 0.6 is 0 Å². The molecule has 1 aromatic heterocycles. The Hall–Kier alpha value is -2.03. The minimum atomic E-state index is -4.36. The maximum Gasteiger partial charge on any atom is 0.417 e. The SMILES string of the molecule is CCNC(=NCCCNc1ccc(C(F)(F)F)cn1)N1CCC2(CCOC2)C1. The van der Waals surface area contributed by atoms with Crippen LogP contribution in [0.15, 0.2) is 23.3 Å². The molecule has 9 heteroatoms. The summed E-state index contributed by atoms with van der Waals surface area (Å²) in [6, 6.07) is 2.39. The van der Waals surface area contributed by atoms with Gasteiger partial charge in [-0.3, -0.25) is 4.99 Å². The molecule has 2 N–H and O–H groups in total. The smallest absolute Gasteiger partial charge is 0.381 e. The fourth-order valence-corrected chi connectivity index (χ4v) is 3.66. The lowest BCUT2D eigenvalue weighted by Gasteiger charge is -2.25. The molecule has 0 radical (unpaired) electrons. The summed E-state index contributed by atoms with van der Waals surface area (Å²) in [5, 5.41) is 6.40. The molecule has 2 aliphatic rings. The summed E-state index contributed by atoms with van der Waals surface area (Å²) in [7, 11) is 0. The molecule has 0 aliphatic carbocycles. The van der Waals surface area contributed by atoms with E-state index in [-0.39, 0.29) is 5.41 Å². The van der Waals surface area contributed by atoms with Crippen molar-refractivity contribution in [3.8, 4) is 0 Å². The zero-order chi connectivity index (χ0) is 20.0. The monoisotopic (exact) mass is 399 g/mol. The van der Waals surface area contributed by atoms with Crippen molar-refractivity contribution in [2.24, 2.45) is 10.4 Å². The Morgan fingerprint density at radius 2 is 2.21 bits per heavy atom. The van der Waals surface area contributed by atoms with Crippen molar-refractivity contribution in [3.63, 3.8) is 0 Å². The molecule has 3 heterocycles. The largest absolute Gasteiger partial charge is 0.417 e. The van der Waals surface area contributed by atoms with Gasteiger partial charge >= 0.3 is 6.18 Å². The molecule has 156 valence electrons. The highest BCUT2D eigenvalue weighted by atomic mass is 19.4. The van der Waals surface area contributed by atoms with Gasteiger partial charge in [0.2, 0.25) is 0 Å². The molecule has 2 saturated heterocycles. The van der Waals surface area contributed by atoms with Crippen LogP contribution in [0, 0.1) is 5.41 Å². The van der Waals surface area contributed by atoms with E-state index in [0.717, 1.165) is 70.3 Å². The third kappa shape index (κ3) is 5.27. The Morgan fingerprint density at radius 1 is 1.36 bits per heavy atom. The standard InChI is InChI=1S/C19H28F3N5O/c1-2-23-17(27-10-6-18(13-27)7-11-28-14-18)25-9-3-8-24-16-5-4-15(12-26-16)19(20,21)22/h4-5,12H,2-3,6-11,13-14H2,1H3,(H,23,25)(H,24,26). The van der Waals surface area contributed by atoms with E-state index >= 15 is 0 Å². The molecule has 2 aliphatic heterocycles. The van der Waals surface area contributed by atoms with Gasteiger partial charge in [0.25, 0.3) is 0 Å². The van der Waals surface area contributed by atoms with Gasteiger partial charge in [-0.05, 0) is 38.3 Å². The van der Waals surface area contributed by atoms with Crippen molar-refractivity contribution in [2.75, 3.05) is 51.3 Å². The minimum Gasteiger partial charge on any atom is -0.381 e. The highest BCUT2D eigenvalue weighted by Crippen LogP contribution is 2.38. The van der Waals surface area contributed by atoms with Gasteiger partial charge < -0.3 is 20.3 Å². The predicted molar refractivity (Wildman–Crippen MR) is 102 cm³/mol. The van der Waals surface area contributed by atoms with E-state index in [2.05, 4.69) is 27.4 Å². The lowest BCUT2D eigenvalue weighted by atomic mass is 9.87. The van der Waals surface area contributed by atoms with Crippen molar-refractivity contribution >= 4 is 11.8 Å². The molecule has 0 amide bonds. The minimum absolute atomic E-state index is 0.284. The summed E-state index contributed by atoms with van der Waals surface area (Å²) in [4.78, 5) is 10.8. The summed E-state index contributed by atoms with van der Waals surface area (Å²) in [6.07, 6.45) is -0.493. The first-order chi connectivity index (χ1) is 13.4. The summed E-state index contributed by atoms with van der Waals surface area (Å²) in [5.41, 5.74) is -0.458. The topological polar surface area (TPSA) is 61.8 Å². The predicted octanol–water partition coefficient (Wildman–Crippen LogP) is 2.98. The zero-order valence-corrected chi connectivity index (χ0v) is 16.2. The van der Waals surface area contributed by atoms with Crippen molar-refractivity contribution < 1.29 is 17.9 Å². The average Bonchev–Trinajstić information content (AvgIpc) is 3.30. The van der Waals surface area contributed by atoms with E-state index in [4.69, 9.17) is 9.73 Å². The highest BCUT2D eigenvalue weighted by Gasteiger charge is 2.42. The maximum atomic E-state index is 12.5. The number of aromatic nitrogens is 1. The highest BCUT2D eigenvalue weighted by molar-refractivity contribution is 5.80. The molecule has 1 unspecified atom stereocenters. The summed E-state index contributed by atoms with van der Waals surface area (Å²) < 4.78 is 43.2. The molecule has 28 heavy (non-hydrogen) atoms. The van der Waals surface area contributed by atoms with Crippen LogP contribution in [0.4, 0.5) is 19.0 Å². The molecule has 1 atom stereocenters. The first-order valence-corrected chi connectivity index (χ1v) is 9.80. The fraction of sp³-hybridized carbons (Fsp3) is 0.684. The van der Waals surface area contributed by atoms with Gasteiger partial charge in [0.05, 0.1) is 12.2 Å². The molecule has 6 nitrogen and oxygen atoms in total. The molecule has 1 aromatic rings. The quantitative estimate of drug-likeness (QED) is 0.438. The number of likely N-dealkylation sites (tertiary alicyclic amines) is 1. The number of anilines is 1. The van der Waals surface area contributed by atoms with Crippen LogP contribution in [0.1, 0.15) is 31.7 Å². The van der Waals surface area contributed by atoms with Crippen LogP contribution in [0.25, 0.3) is 0 Å². The number of hydrogen-bond donors (Lipinski definition) is 2. The van der Waals surface area contributed by atoms with Crippen LogP contribution in [0.2, 0.25) is 0 Å². The second-order valence-corrected chi connectivity index (χ2v) is 7.42. The first kappa shape index (κ1) is 20.7. The molecule has 3 rings (SSSR count). The lowest BCUT2D eigenvalue weighted by Crippen LogP contribution is -2.41. The number of rotatable bonds is 6. The molecule has 0 aromatic carbocycles. The normalized spacial score (nSPS) is 22.9. The van der Waals surface area contributed by atoms with E-state index in [0.29, 0.717) is 18.9 Å². The van der Waals surface area contributed by atoms with Crippen molar-refractivity contribution in [2.45, 2.75) is 32.4 Å². The number of ether oxygens (including phenoxy) is 1. The number of aliphatic imine (C=N–C) groups is 1. The number of hydrogen-bond acceptors (Lipinski definition) is 4. The molecule has 2 fully saturated rings. The number of nitrogens with zero attached hydrogens (tertiary/aromatic N) is 3. The molecular weight excluding hydrogens is 371 g/mol. The summed E-state index contributed by atoms with van der Waals surface area (Å²) in [5.74, 6) is 1.37. The van der Waals surface area contributed by atoms with Gasteiger partial charge in [0, 0.05) is 50.9 Å². The van der Waals surface area contributed by atoms with Gasteiger partial charge in [-0.15, -0.1) is 0 Å². The van der Waals surface area contributed by atoms with Crippen LogP contribution in [0.5, 0.6) is 0 Å². The van der Waals surface area contributed by atoms with Crippen LogP contribution in [-0.2, 0) is 10.9 Å². The third-order valence-electron chi connectivity index (χ3n) is 5.25. The summed E-state index contributed by atoms with van der Waals surface area (Å²) >= 11 is 0. The molecule has 0 bridgehead atoms. The van der Waals surface area contributed by atoms with Gasteiger partial charge in [-0.1, -0.05) is 0 Å². The van der Waals surface area contributed by atoms with Gasteiger partial charge in [0.15, 0.2) is 5.96 Å². The zero-order valence-electron chi connectivity index (χ0n) is 16.2. The van der Waals surface area contributed by atoms with Crippen LogP contribution < -0.4 is 10.6 Å². The second kappa shape index (κ2) is 8.98. The lowest BCUT2D eigenvalue weighted by molar-refractivity contribution is -0.137. The number of pyridine rings is 1.